The van der Waals surface area contributed by atoms with Gasteiger partial charge in [0.2, 0.25) is 0 Å². The van der Waals surface area contributed by atoms with Crippen molar-refractivity contribution in [1.82, 2.24) is 0 Å². The molecule has 0 aliphatic carbocycles. The highest BCUT2D eigenvalue weighted by molar-refractivity contribution is 6.45. The van der Waals surface area contributed by atoms with E-state index in [4.69, 9.17) is 0 Å². The minimum atomic E-state index is -0.0211. The Morgan fingerprint density at radius 1 is 1.08 bits per heavy atom. The van der Waals surface area contributed by atoms with E-state index < -0.39 is 0 Å². The molecule has 0 fully saturated rings. The van der Waals surface area contributed by atoms with Crippen LogP contribution in [0.4, 0.5) is 0 Å². The Morgan fingerprint density at radius 2 is 1.58 bits per heavy atom. The molecule has 0 aliphatic heterocycles. The molecule has 0 atom stereocenters. The summed E-state index contributed by atoms with van der Waals surface area (Å²) in [6.07, 6.45) is 3.68. The summed E-state index contributed by atoms with van der Waals surface area (Å²) in [5.74, 6) is 0. The summed E-state index contributed by atoms with van der Waals surface area (Å²) in [7, 11) is -0.0211. The van der Waals surface area contributed by atoms with Gasteiger partial charge in [0.15, 0.2) is 0 Å². The molecule has 0 aromatic carbocycles. The van der Waals surface area contributed by atoms with Gasteiger partial charge in [-0.05, 0) is 10.5 Å². The van der Waals surface area contributed by atoms with Crippen LogP contribution in [-0.2, 0) is 0 Å². The predicted octanol–water partition coefficient (Wildman–Crippen LogP) is 3.32. The molecule has 1 heteroatoms. The Morgan fingerprint density at radius 3 is 1.92 bits per heavy atom. The molecule has 72 valence electrons. The second-order valence-electron chi connectivity index (χ2n) is 5.49. The zero-order chi connectivity index (χ0) is 9.83. The lowest BCUT2D eigenvalue weighted by Crippen LogP contribution is -2.10. The SMILES string of the molecule is CCC(C)(C)[SiH2]C=CC(C)(C)C. The van der Waals surface area contributed by atoms with Crippen molar-refractivity contribution in [1.29, 1.82) is 0 Å². The predicted molar refractivity (Wildman–Crippen MR) is 61.5 cm³/mol. The van der Waals surface area contributed by atoms with Gasteiger partial charge >= 0.3 is 0 Å². The van der Waals surface area contributed by atoms with E-state index in [2.05, 4.69) is 53.3 Å². The Bertz CT molecular complexity index is 149. The van der Waals surface area contributed by atoms with Crippen molar-refractivity contribution < 1.29 is 0 Å². The van der Waals surface area contributed by atoms with Crippen LogP contribution in [0.1, 0.15) is 48.0 Å². The maximum atomic E-state index is 2.46. The highest BCUT2D eigenvalue weighted by atomic mass is 28.2. The summed E-state index contributed by atoms with van der Waals surface area (Å²) < 4.78 is 0. The van der Waals surface area contributed by atoms with Crippen LogP contribution in [0.15, 0.2) is 11.8 Å². The first-order chi connectivity index (χ1) is 5.27. The number of hydrogen-bond donors (Lipinski definition) is 0. The average molecular weight is 184 g/mol. The van der Waals surface area contributed by atoms with Crippen molar-refractivity contribution in [3.63, 3.8) is 0 Å². The molecule has 0 amide bonds. The van der Waals surface area contributed by atoms with Gasteiger partial charge < -0.3 is 0 Å². The van der Waals surface area contributed by atoms with E-state index in [-0.39, 0.29) is 9.52 Å². The van der Waals surface area contributed by atoms with Crippen LogP contribution >= 0.6 is 0 Å². The summed E-state index contributed by atoms with van der Waals surface area (Å²) in [6.45, 7) is 13.8. The molecule has 0 aromatic heterocycles. The lowest BCUT2D eigenvalue weighted by Gasteiger charge is -2.20. The minimum Gasteiger partial charge on any atom is -0.104 e. The van der Waals surface area contributed by atoms with Crippen LogP contribution in [-0.4, -0.2) is 9.52 Å². The van der Waals surface area contributed by atoms with Gasteiger partial charge in [-0.1, -0.05) is 54.0 Å². The molecule has 0 radical (unpaired) electrons. The van der Waals surface area contributed by atoms with Gasteiger partial charge in [0.25, 0.3) is 0 Å². The van der Waals surface area contributed by atoms with Gasteiger partial charge in [-0.25, -0.2) is 0 Å². The van der Waals surface area contributed by atoms with E-state index in [1.807, 2.05) is 0 Å². The average Bonchev–Trinajstić information content (AvgIpc) is 1.84. The van der Waals surface area contributed by atoms with E-state index in [1.165, 1.54) is 6.42 Å². The molecule has 0 unspecified atom stereocenters. The highest BCUT2D eigenvalue weighted by Gasteiger charge is 2.13. The standard InChI is InChI=1S/C11H24Si/c1-7-11(5,6)12-9-8-10(2,3)4/h8-9H,7,12H2,1-6H3. The third-order valence-corrected chi connectivity index (χ3v) is 4.32. The second kappa shape index (κ2) is 4.27. The van der Waals surface area contributed by atoms with E-state index in [1.54, 1.807) is 0 Å². The fourth-order valence-electron chi connectivity index (χ4n) is 0.876. The molecule has 0 saturated heterocycles. The Balaban J connectivity index is 3.91. The molecule has 0 heterocycles. The van der Waals surface area contributed by atoms with Gasteiger partial charge in [0.05, 0.1) is 9.52 Å². The molecule has 12 heavy (non-hydrogen) atoms. The topological polar surface area (TPSA) is 0 Å². The molecule has 0 spiro atoms. The highest BCUT2D eigenvalue weighted by Crippen LogP contribution is 2.27. The Hall–Kier alpha value is -0.0431. The van der Waals surface area contributed by atoms with Crippen molar-refractivity contribution in [3.8, 4) is 0 Å². The van der Waals surface area contributed by atoms with Crippen molar-refractivity contribution in [3.05, 3.63) is 11.8 Å². The zero-order valence-corrected chi connectivity index (χ0v) is 11.0. The van der Waals surface area contributed by atoms with Crippen LogP contribution in [0.25, 0.3) is 0 Å². The zero-order valence-electron chi connectivity index (χ0n) is 9.57. The Labute approximate surface area is 80.3 Å². The van der Waals surface area contributed by atoms with E-state index in [0.717, 1.165) is 0 Å². The molecule has 0 aliphatic rings. The van der Waals surface area contributed by atoms with E-state index in [0.29, 0.717) is 10.5 Å². The summed E-state index contributed by atoms with van der Waals surface area (Å²) in [5, 5.41) is 0.613. The van der Waals surface area contributed by atoms with Gasteiger partial charge in [-0.15, -0.1) is 5.70 Å². The molecule has 0 aromatic rings. The molecule has 0 saturated carbocycles. The molecular formula is C11H24Si. The van der Waals surface area contributed by atoms with E-state index >= 15 is 0 Å². The Kier molecular flexibility index (Phi) is 4.25. The third-order valence-electron chi connectivity index (χ3n) is 2.25. The first kappa shape index (κ1) is 12.0. The van der Waals surface area contributed by atoms with Crippen LogP contribution in [0.5, 0.6) is 0 Å². The number of hydrogen-bond acceptors (Lipinski definition) is 0. The first-order valence-electron chi connectivity index (χ1n) is 4.94. The summed E-state index contributed by atoms with van der Waals surface area (Å²) in [4.78, 5) is 0. The maximum absolute atomic E-state index is 2.46. The van der Waals surface area contributed by atoms with E-state index in [9.17, 15) is 0 Å². The molecular weight excluding hydrogens is 160 g/mol. The largest absolute Gasteiger partial charge is 0.104 e. The van der Waals surface area contributed by atoms with Gasteiger partial charge in [0.1, 0.15) is 0 Å². The number of allylic oxidation sites excluding steroid dienone is 1. The van der Waals surface area contributed by atoms with Crippen molar-refractivity contribution in [2.45, 2.75) is 53.0 Å². The van der Waals surface area contributed by atoms with Gasteiger partial charge in [0, 0.05) is 0 Å². The third kappa shape index (κ3) is 6.65. The monoisotopic (exact) mass is 184 g/mol. The van der Waals surface area contributed by atoms with Gasteiger partial charge in [-0.2, -0.15) is 0 Å². The minimum absolute atomic E-state index is 0.0211. The van der Waals surface area contributed by atoms with Gasteiger partial charge in [-0.3, -0.25) is 0 Å². The molecule has 0 N–H and O–H groups in total. The molecule has 0 nitrogen and oxygen atoms in total. The normalized spacial score (nSPS) is 15.2. The van der Waals surface area contributed by atoms with Crippen molar-refractivity contribution in [2.75, 3.05) is 0 Å². The van der Waals surface area contributed by atoms with Crippen LogP contribution < -0.4 is 0 Å². The summed E-state index contributed by atoms with van der Waals surface area (Å²) in [6, 6.07) is 0. The lowest BCUT2D eigenvalue weighted by molar-refractivity contribution is 0.544. The second-order valence-corrected chi connectivity index (χ2v) is 8.28. The lowest BCUT2D eigenvalue weighted by atomic mass is 9.98. The first-order valence-corrected chi connectivity index (χ1v) is 6.47. The quantitative estimate of drug-likeness (QED) is 0.590. The number of rotatable bonds is 3. The smallest absolute Gasteiger partial charge is 0.0506 e. The summed E-state index contributed by atoms with van der Waals surface area (Å²) in [5.41, 5.74) is 2.83. The van der Waals surface area contributed by atoms with Crippen molar-refractivity contribution >= 4 is 9.52 Å². The fourth-order valence-corrected chi connectivity index (χ4v) is 2.63. The fraction of sp³-hybridized carbons (Fsp3) is 0.818. The maximum Gasteiger partial charge on any atom is 0.0506 e. The summed E-state index contributed by atoms with van der Waals surface area (Å²) >= 11 is 0. The molecule has 0 bridgehead atoms. The van der Waals surface area contributed by atoms with Crippen LogP contribution in [0, 0.1) is 5.41 Å². The van der Waals surface area contributed by atoms with Crippen molar-refractivity contribution in [2.24, 2.45) is 5.41 Å². The molecule has 0 rings (SSSR count). The van der Waals surface area contributed by atoms with Crippen LogP contribution in [0.2, 0.25) is 5.04 Å². The van der Waals surface area contributed by atoms with Crippen LogP contribution in [0.3, 0.4) is 0 Å².